The zero-order valence-electron chi connectivity index (χ0n) is 11.2. The summed E-state index contributed by atoms with van der Waals surface area (Å²) in [6, 6.07) is 9.89. The second kappa shape index (κ2) is 5.66. The minimum Gasteiger partial charge on any atom is -0.347 e. The molecular formula is C14H16N6. The van der Waals surface area contributed by atoms with Crippen molar-refractivity contribution in [3.63, 3.8) is 0 Å². The van der Waals surface area contributed by atoms with Gasteiger partial charge < -0.3 is 10.3 Å². The normalized spacial score (nSPS) is 12.4. The van der Waals surface area contributed by atoms with Crippen LogP contribution in [-0.2, 0) is 0 Å². The van der Waals surface area contributed by atoms with Gasteiger partial charge in [-0.25, -0.2) is 9.67 Å². The van der Waals surface area contributed by atoms with Gasteiger partial charge in [-0.05, 0) is 18.7 Å². The van der Waals surface area contributed by atoms with Gasteiger partial charge in [0.1, 0.15) is 11.9 Å². The predicted molar refractivity (Wildman–Crippen MR) is 75.5 cm³/mol. The van der Waals surface area contributed by atoms with Crippen molar-refractivity contribution in [2.45, 2.75) is 13.0 Å². The standard InChI is InChI=1S/C14H16N6/c1-2-15-13(14-16-8-9-17-14)12-10-18-19-20(12)11-6-4-3-5-7-11/h3-10,13,15H,2H2,1H3,(H,16,17). The monoisotopic (exact) mass is 268 g/mol. The van der Waals surface area contributed by atoms with E-state index in [1.807, 2.05) is 41.2 Å². The van der Waals surface area contributed by atoms with E-state index < -0.39 is 0 Å². The van der Waals surface area contributed by atoms with Crippen LogP contribution >= 0.6 is 0 Å². The van der Waals surface area contributed by atoms with E-state index in [0.29, 0.717) is 0 Å². The molecule has 0 bridgehead atoms. The van der Waals surface area contributed by atoms with Crippen molar-refractivity contribution < 1.29 is 0 Å². The van der Waals surface area contributed by atoms with Crippen molar-refractivity contribution in [2.75, 3.05) is 6.54 Å². The fraction of sp³-hybridized carbons (Fsp3) is 0.214. The summed E-state index contributed by atoms with van der Waals surface area (Å²) in [5.41, 5.74) is 1.93. The Hall–Kier alpha value is -2.47. The zero-order valence-corrected chi connectivity index (χ0v) is 11.2. The van der Waals surface area contributed by atoms with Crippen molar-refractivity contribution in [1.82, 2.24) is 30.3 Å². The van der Waals surface area contributed by atoms with Crippen LogP contribution in [0.25, 0.3) is 5.69 Å². The molecule has 0 saturated heterocycles. The Kier molecular flexibility index (Phi) is 3.56. The van der Waals surface area contributed by atoms with Crippen molar-refractivity contribution in [1.29, 1.82) is 0 Å². The first-order valence-electron chi connectivity index (χ1n) is 6.59. The number of H-pyrrole nitrogens is 1. The van der Waals surface area contributed by atoms with Crippen molar-refractivity contribution >= 4 is 0 Å². The summed E-state index contributed by atoms with van der Waals surface area (Å²) in [7, 11) is 0. The summed E-state index contributed by atoms with van der Waals surface area (Å²) in [4.78, 5) is 7.49. The quantitative estimate of drug-likeness (QED) is 0.738. The molecule has 1 unspecified atom stereocenters. The third-order valence-corrected chi connectivity index (χ3v) is 3.07. The molecule has 1 atom stereocenters. The van der Waals surface area contributed by atoms with Crippen LogP contribution in [0.5, 0.6) is 0 Å². The van der Waals surface area contributed by atoms with E-state index in [4.69, 9.17) is 0 Å². The van der Waals surface area contributed by atoms with Crippen molar-refractivity contribution in [3.8, 4) is 5.69 Å². The molecule has 0 aliphatic rings. The molecule has 0 fully saturated rings. The molecule has 102 valence electrons. The number of benzene rings is 1. The summed E-state index contributed by atoms with van der Waals surface area (Å²) in [5, 5.41) is 11.6. The molecular weight excluding hydrogens is 252 g/mol. The third kappa shape index (κ3) is 2.33. The summed E-state index contributed by atoms with van der Waals surface area (Å²) >= 11 is 0. The second-order valence-electron chi connectivity index (χ2n) is 4.37. The molecule has 0 radical (unpaired) electrons. The Labute approximate surface area is 116 Å². The average Bonchev–Trinajstić information content (AvgIpc) is 3.17. The largest absolute Gasteiger partial charge is 0.347 e. The van der Waals surface area contributed by atoms with Crippen LogP contribution in [0.4, 0.5) is 0 Å². The lowest BCUT2D eigenvalue weighted by Crippen LogP contribution is -2.25. The van der Waals surface area contributed by atoms with E-state index in [1.165, 1.54) is 0 Å². The first kappa shape index (κ1) is 12.6. The number of nitrogens with zero attached hydrogens (tertiary/aromatic N) is 4. The SMILES string of the molecule is CCNC(c1ncc[nH]1)c1cnnn1-c1ccccc1. The van der Waals surface area contributed by atoms with Gasteiger partial charge in [0.05, 0.1) is 17.6 Å². The molecule has 2 heterocycles. The van der Waals surface area contributed by atoms with E-state index in [1.54, 1.807) is 12.4 Å². The number of imidazole rings is 1. The molecule has 2 aromatic heterocycles. The maximum atomic E-state index is 4.34. The highest BCUT2D eigenvalue weighted by molar-refractivity contribution is 5.33. The molecule has 6 nitrogen and oxygen atoms in total. The summed E-state index contributed by atoms with van der Waals surface area (Å²) in [6.45, 7) is 2.89. The molecule has 0 spiro atoms. The highest BCUT2D eigenvalue weighted by Crippen LogP contribution is 2.20. The maximum absolute atomic E-state index is 4.34. The molecule has 1 aromatic carbocycles. The molecule has 0 aliphatic heterocycles. The Bertz CT molecular complexity index is 643. The van der Waals surface area contributed by atoms with Gasteiger partial charge in [-0.1, -0.05) is 30.3 Å². The van der Waals surface area contributed by atoms with E-state index in [0.717, 1.165) is 23.8 Å². The van der Waals surface area contributed by atoms with Gasteiger partial charge in [-0.15, -0.1) is 5.10 Å². The van der Waals surface area contributed by atoms with Crippen molar-refractivity contribution in [3.05, 3.63) is 60.4 Å². The summed E-state index contributed by atoms with van der Waals surface area (Å²) in [6.07, 6.45) is 5.33. The van der Waals surface area contributed by atoms with Crippen LogP contribution in [0.2, 0.25) is 0 Å². The molecule has 20 heavy (non-hydrogen) atoms. The molecule has 0 aliphatic carbocycles. The minimum absolute atomic E-state index is 0.0646. The highest BCUT2D eigenvalue weighted by Gasteiger charge is 2.21. The van der Waals surface area contributed by atoms with Gasteiger partial charge in [-0.2, -0.15) is 0 Å². The van der Waals surface area contributed by atoms with Crippen LogP contribution in [-0.4, -0.2) is 31.5 Å². The van der Waals surface area contributed by atoms with Crippen LogP contribution in [0, 0.1) is 0 Å². The fourth-order valence-electron chi connectivity index (χ4n) is 2.19. The number of hydrogen-bond acceptors (Lipinski definition) is 4. The topological polar surface area (TPSA) is 71.4 Å². The molecule has 3 aromatic rings. The highest BCUT2D eigenvalue weighted by atomic mass is 15.4. The number of aromatic nitrogens is 5. The lowest BCUT2D eigenvalue weighted by atomic mass is 10.2. The number of aromatic amines is 1. The van der Waals surface area contributed by atoms with Gasteiger partial charge in [0.2, 0.25) is 0 Å². The first-order valence-corrected chi connectivity index (χ1v) is 6.59. The summed E-state index contributed by atoms with van der Waals surface area (Å²) < 4.78 is 1.83. The van der Waals surface area contributed by atoms with Gasteiger partial charge >= 0.3 is 0 Å². The number of rotatable bonds is 5. The van der Waals surface area contributed by atoms with E-state index in [9.17, 15) is 0 Å². The minimum atomic E-state index is -0.0646. The molecule has 3 rings (SSSR count). The Morgan fingerprint density at radius 1 is 1.30 bits per heavy atom. The van der Waals surface area contributed by atoms with Gasteiger partial charge in [0, 0.05) is 12.4 Å². The molecule has 0 saturated carbocycles. The van der Waals surface area contributed by atoms with Gasteiger partial charge in [-0.3, -0.25) is 0 Å². The fourth-order valence-corrected chi connectivity index (χ4v) is 2.19. The maximum Gasteiger partial charge on any atom is 0.129 e. The van der Waals surface area contributed by atoms with E-state index in [-0.39, 0.29) is 6.04 Å². The lowest BCUT2D eigenvalue weighted by molar-refractivity contribution is 0.569. The van der Waals surface area contributed by atoms with Crippen LogP contribution in [0.3, 0.4) is 0 Å². The Morgan fingerprint density at radius 3 is 2.85 bits per heavy atom. The van der Waals surface area contributed by atoms with Crippen LogP contribution in [0.15, 0.2) is 48.9 Å². The molecule has 2 N–H and O–H groups in total. The van der Waals surface area contributed by atoms with E-state index >= 15 is 0 Å². The third-order valence-electron chi connectivity index (χ3n) is 3.07. The Morgan fingerprint density at radius 2 is 2.15 bits per heavy atom. The van der Waals surface area contributed by atoms with Gasteiger partial charge in [0.15, 0.2) is 0 Å². The van der Waals surface area contributed by atoms with Crippen LogP contribution < -0.4 is 5.32 Å². The second-order valence-corrected chi connectivity index (χ2v) is 4.37. The first-order chi connectivity index (χ1) is 9.90. The summed E-state index contributed by atoms with van der Waals surface area (Å²) in [5.74, 6) is 0.853. The predicted octanol–water partition coefficient (Wildman–Crippen LogP) is 1.69. The number of hydrogen-bond donors (Lipinski definition) is 2. The van der Waals surface area contributed by atoms with Crippen LogP contribution in [0.1, 0.15) is 24.5 Å². The Balaban J connectivity index is 2.03. The average molecular weight is 268 g/mol. The molecule has 0 amide bonds. The number of nitrogens with one attached hydrogen (secondary N) is 2. The number of para-hydroxylation sites is 1. The van der Waals surface area contributed by atoms with Gasteiger partial charge in [0.25, 0.3) is 0 Å². The van der Waals surface area contributed by atoms with E-state index in [2.05, 4.69) is 32.5 Å². The molecule has 6 heteroatoms. The zero-order chi connectivity index (χ0) is 13.8. The lowest BCUT2D eigenvalue weighted by Gasteiger charge is -2.16. The van der Waals surface area contributed by atoms with Crippen molar-refractivity contribution in [2.24, 2.45) is 0 Å². The smallest absolute Gasteiger partial charge is 0.129 e.